The van der Waals surface area contributed by atoms with Crippen LogP contribution in [0.5, 0.6) is 0 Å². The molecule has 0 atom stereocenters. The zero-order valence-electron chi connectivity index (χ0n) is 16.7. The first kappa shape index (κ1) is 21.5. The number of thiazole rings is 1. The maximum atomic E-state index is 13.4. The molecule has 0 unspecified atom stereocenters. The molecule has 5 nitrogen and oxygen atoms in total. The monoisotopic (exact) mass is 470 g/mol. The standard InChI is InChI=1S/C23H19ClN2O3S2/c1-2-31(28,29)19-11-8-17(9-12-19)22(27)26(15-16-6-4-3-5-7-16)23-25-20-13-10-18(24)14-21(20)30-23/h3-14H,2,15H2,1H3. The number of fused-ring (bicyclic) bond motifs is 1. The summed E-state index contributed by atoms with van der Waals surface area (Å²) in [6, 6.07) is 21.1. The Morgan fingerprint density at radius 1 is 1.03 bits per heavy atom. The molecule has 0 aliphatic heterocycles. The largest absolute Gasteiger partial charge is 0.279 e. The Bertz CT molecular complexity index is 1330. The first-order valence-corrected chi connectivity index (χ1v) is 12.5. The van der Waals surface area contributed by atoms with Gasteiger partial charge in [-0.1, -0.05) is 60.2 Å². The van der Waals surface area contributed by atoms with E-state index in [9.17, 15) is 13.2 Å². The third kappa shape index (κ3) is 4.63. The maximum absolute atomic E-state index is 13.4. The van der Waals surface area contributed by atoms with E-state index in [-0.39, 0.29) is 16.6 Å². The van der Waals surface area contributed by atoms with Crippen LogP contribution in [0.4, 0.5) is 5.13 Å². The summed E-state index contributed by atoms with van der Waals surface area (Å²) in [5.41, 5.74) is 2.11. The molecule has 0 saturated carbocycles. The number of hydrogen-bond acceptors (Lipinski definition) is 5. The van der Waals surface area contributed by atoms with E-state index in [0.29, 0.717) is 22.3 Å². The summed E-state index contributed by atoms with van der Waals surface area (Å²) in [6.45, 7) is 1.93. The molecule has 0 N–H and O–H groups in total. The van der Waals surface area contributed by atoms with E-state index in [4.69, 9.17) is 11.6 Å². The van der Waals surface area contributed by atoms with Crippen LogP contribution in [0.15, 0.2) is 77.7 Å². The van der Waals surface area contributed by atoms with Gasteiger partial charge in [-0.15, -0.1) is 0 Å². The van der Waals surface area contributed by atoms with Crippen LogP contribution in [0.1, 0.15) is 22.8 Å². The molecule has 0 spiro atoms. The van der Waals surface area contributed by atoms with Gasteiger partial charge in [0.15, 0.2) is 15.0 Å². The summed E-state index contributed by atoms with van der Waals surface area (Å²) in [5, 5.41) is 1.16. The van der Waals surface area contributed by atoms with Gasteiger partial charge in [0.05, 0.1) is 27.4 Å². The molecule has 1 aromatic heterocycles. The molecule has 0 bridgehead atoms. The van der Waals surface area contributed by atoms with Crippen LogP contribution in [0.2, 0.25) is 5.02 Å². The second-order valence-electron chi connectivity index (χ2n) is 6.91. The Balaban J connectivity index is 1.73. The van der Waals surface area contributed by atoms with Gasteiger partial charge in [-0.05, 0) is 48.0 Å². The minimum absolute atomic E-state index is 0.00862. The number of nitrogens with zero attached hydrogens (tertiary/aromatic N) is 2. The zero-order valence-corrected chi connectivity index (χ0v) is 19.0. The predicted octanol–water partition coefficient (Wildman–Crippen LogP) is 5.59. The lowest BCUT2D eigenvalue weighted by molar-refractivity contribution is 0.0985. The molecule has 8 heteroatoms. The molecule has 0 saturated heterocycles. The summed E-state index contributed by atoms with van der Waals surface area (Å²) in [4.78, 5) is 19.9. The van der Waals surface area contributed by atoms with Crippen LogP contribution < -0.4 is 4.90 Å². The summed E-state index contributed by atoms with van der Waals surface area (Å²) in [7, 11) is -3.33. The molecule has 4 aromatic rings. The Kier molecular flexibility index (Phi) is 6.09. The number of carbonyl (C=O) groups is 1. The number of halogens is 1. The van der Waals surface area contributed by atoms with E-state index in [2.05, 4.69) is 4.98 Å². The number of anilines is 1. The van der Waals surface area contributed by atoms with Crippen LogP contribution in [0.25, 0.3) is 10.2 Å². The molecular formula is C23H19ClN2O3S2. The summed E-state index contributed by atoms with van der Waals surface area (Å²) >= 11 is 7.49. The molecule has 4 rings (SSSR count). The third-order valence-corrected chi connectivity index (χ3v) is 7.87. The molecule has 1 amide bonds. The maximum Gasteiger partial charge on any atom is 0.260 e. The fraction of sp³-hybridized carbons (Fsp3) is 0.130. The SMILES string of the molecule is CCS(=O)(=O)c1ccc(C(=O)N(Cc2ccccc2)c2nc3ccc(Cl)cc3s2)cc1. The van der Waals surface area contributed by atoms with Gasteiger partial charge in [0.1, 0.15) is 0 Å². The third-order valence-electron chi connectivity index (χ3n) is 4.84. The van der Waals surface area contributed by atoms with Crippen molar-refractivity contribution in [3.05, 3.63) is 88.9 Å². The van der Waals surface area contributed by atoms with Crippen LogP contribution in [0, 0.1) is 0 Å². The molecule has 3 aromatic carbocycles. The van der Waals surface area contributed by atoms with Gasteiger partial charge in [-0.25, -0.2) is 13.4 Å². The molecule has 0 aliphatic rings. The highest BCUT2D eigenvalue weighted by atomic mass is 35.5. The van der Waals surface area contributed by atoms with E-state index < -0.39 is 9.84 Å². The molecule has 0 radical (unpaired) electrons. The minimum Gasteiger partial charge on any atom is -0.279 e. The van der Waals surface area contributed by atoms with Crippen molar-refractivity contribution in [2.45, 2.75) is 18.4 Å². The van der Waals surface area contributed by atoms with Gasteiger partial charge in [0.2, 0.25) is 0 Å². The molecule has 0 aliphatic carbocycles. The van der Waals surface area contributed by atoms with Crippen molar-refractivity contribution < 1.29 is 13.2 Å². The fourth-order valence-corrected chi connectivity index (χ4v) is 5.24. The lowest BCUT2D eigenvalue weighted by Gasteiger charge is -2.20. The van der Waals surface area contributed by atoms with E-state index in [1.54, 1.807) is 30.0 Å². The van der Waals surface area contributed by atoms with Gasteiger partial charge in [-0.3, -0.25) is 9.69 Å². The van der Waals surface area contributed by atoms with Crippen molar-refractivity contribution in [3.8, 4) is 0 Å². The molecule has 1 heterocycles. The number of benzene rings is 3. The van der Waals surface area contributed by atoms with Crippen molar-refractivity contribution >= 4 is 54.0 Å². The van der Waals surface area contributed by atoms with Gasteiger partial charge in [0.25, 0.3) is 5.91 Å². The minimum atomic E-state index is -3.33. The first-order valence-electron chi connectivity index (χ1n) is 9.62. The summed E-state index contributed by atoms with van der Waals surface area (Å²) in [6.07, 6.45) is 0. The lowest BCUT2D eigenvalue weighted by Crippen LogP contribution is -2.30. The predicted molar refractivity (Wildman–Crippen MR) is 126 cm³/mol. The summed E-state index contributed by atoms with van der Waals surface area (Å²) in [5.74, 6) is -0.247. The average molecular weight is 471 g/mol. The fourth-order valence-electron chi connectivity index (χ4n) is 3.12. The van der Waals surface area contributed by atoms with E-state index in [0.717, 1.165) is 15.8 Å². The number of hydrogen-bond donors (Lipinski definition) is 0. The number of rotatable bonds is 6. The quantitative estimate of drug-likeness (QED) is 0.368. The normalized spacial score (nSPS) is 11.5. The van der Waals surface area contributed by atoms with E-state index in [1.165, 1.54) is 23.5 Å². The van der Waals surface area contributed by atoms with Crippen molar-refractivity contribution in [1.82, 2.24) is 4.98 Å². The Labute approximate surface area is 189 Å². The smallest absolute Gasteiger partial charge is 0.260 e. The first-order chi connectivity index (χ1) is 14.9. The van der Waals surface area contributed by atoms with Crippen molar-refractivity contribution in [1.29, 1.82) is 0 Å². The summed E-state index contributed by atoms with van der Waals surface area (Å²) < 4.78 is 25.1. The second kappa shape index (κ2) is 8.78. The Morgan fingerprint density at radius 2 is 1.74 bits per heavy atom. The Hall–Kier alpha value is -2.74. The van der Waals surface area contributed by atoms with Crippen molar-refractivity contribution in [2.24, 2.45) is 0 Å². The molecule has 31 heavy (non-hydrogen) atoms. The molecular weight excluding hydrogens is 452 g/mol. The van der Waals surface area contributed by atoms with Crippen LogP contribution in [0.3, 0.4) is 0 Å². The molecule has 0 fully saturated rings. The number of carbonyl (C=O) groups excluding carboxylic acids is 1. The highest BCUT2D eigenvalue weighted by molar-refractivity contribution is 7.91. The van der Waals surface area contributed by atoms with Gasteiger partial charge >= 0.3 is 0 Å². The number of sulfone groups is 1. The number of amides is 1. The average Bonchev–Trinajstić information content (AvgIpc) is 3.20. The van der Waals surface area contributed by atoms with Crippen molar-refractivity contribution in [2.75, 3.05) is 10.7 Å². The van der Waals surface area contributed by atoms with E-state index in [1.807, 2.05) is 42.5 Å². The van der Waals surface area contributed by atoms with Gasteiger partial charge < -0.3 is 0 Å². The molecule has 158 valence electrons. The Morgan fingerprint density at radius 3 is 2.42 bits per heavy atom. The highest BCUT2D eigenvalue weighted by Gasteiger charge is 2.22. The zero-order chi connectivity index (χ0) is 22.0. The van der Waals surface area contributed by atoms with Crippen LogP contribution in [-0.2, 0) is 16.4 Å². The highest BCUT2D eigenvalue weighted by Crippen LogP contribution is 2.32. The van der Waals surface area contributed by atoms with Crippen molar-refractivity contribution in [3.63, 3.8) is 0 Å². The topological polar surface area (TPSA) is 67.3 Å². The van der Waals surface area contributed by atoms with Gasteiger partial charge in [-0.2, -0.15) is 0 Å². The van der Waals surface area contributed by atoms with Crippen LogP contribution >= 0.6 is 22.9 Å². The van der Waals surface area contributed by atoms with Gasteiger partial charge in [0, 0.05) is 10.6 Å². The lowest BCUT2D eigenvalue weighted by atomic mass is 10.1. The van der Waals surface area contributed by atoms with E-state index >= 15 is 0 Å². The number of aromatic nitrogens is 1. The van der Waals surface area contributed by atoms with Crippen LogP contribution in [-0.4, -0.2) is 25.1 Å². The second-order valence-corrected chi connectivity index (χ2v) is 10.6.